The quantitative estimate of drug-likeness (QED) is 0.425. The zero-order chi connectivity index (χ0) is 4.00. The minimum absolute atomic E-state index is 0. The van der Waals surface area contributed by atoms with E-state index in [0.717, 1.165) is 14.2 Å². The van der Waals surface area contributed by atoms with Gasteiger partial charge in [0.2, 0.25) is 0 Å². The van der Waals surface area contributed by atoms with Crippen molar-refractivity contribution in [3.63, 3.8) is 0 Å². The first kappa shape index (κ1) is 49.9. The first-order valence-corrected chi connectivity index (χ1v) is 0.894. The Morgan fingerprint density at radius 2 is 0.714 bits per heavy atom. The van der Waals surface area contributed by atoms with Crippen LogP contribution in [-0.2, 0) is 19.5 Å². The molecule has 2 N–H and O–H groups in total. The van der Waals surface area contributed by atoms with Crippen molar-refractivity contribution in [1.29, 1.82) is 0 Å². The Balaban J connectivity index is -0.00000000267. The van der Waals surface area contributed by atoms with Crippen molar-refractivity contribution >= 4 is 0 Å². The Morgan fingerprint density at radius 1 is 0.714 bits per heavy atom. The fourth-order valence-electron chi connectivity index (χ4n) is 0. The summed E-state index contributed by atoms with van der Waals surface area (Å²) in [7, 11) is 2.00. The van der Waals surface area contributed by atoms with Crippen molar-refractivity contribution in [1.82, 2.24) is 0 Å². The molecule has 2 nitrogen and oxygen atoms in total. The van der Waals surface area contributed by atoms with Crippen LogP contribution in [-0.4, -0.2) is 24.4 Å². The predicted octanol–water partition coefficient (Wildman–Crippen LogP) is 0.115. The monoisotopic (exact) mass is 196 g/mol. The van der Waals surface area contributed by atoms with Crippen LogP contribution in [0.5, 0.6) is 0 Å². The van der Waals surface area contributed by atoms with E-state index in [0.29, 0.717) is 0 Å². The molecule has 0 atom stereocenters. The topological polar surface area (TPSA) is 40.5 Å². The van der Waals surface area contributed by atoms with E-state index in [-0.39, 0.29) is 34.3 Å². The molecule has 3 heteroatoms. The maximum Gasteiger partial charge on any atom is 2.00 e. The smallest absolute Gasteiger partial charge is 0.400 e. The minimum Gasteiger partial charge on any atom is -0.400 e. The normalized spacial score (nSPS) is 1.71. The fraction of sp³-hybridized carbons (Fsp3) is 0.500. The number of hydrogen-bond donors (Lipinski definition) is 2. The summed E-state index contributed by atoms with van der Waals surface area (Å²) in [6.07, 6.45) is 0. The van der Waals surface area contributed by atoms with Gasteiger partial charge in [0, 0.05) is 14.2 Å². The number of rotatable bonds is 0. The summed E-state index contributed by atoms with van der Waals surface area (Å²) in [6.45, 7) is 0. The Hall–Kier alpha value is 0.543. The summed E-state index contributed by atoms with van der Waals surface area (Å²) >= 11 is 0. The molecule has 0 aliphatic carbocycles. The predicted molar refractivity (Wildman–Crippen MR) is 29.1 cm³/mol. The molecule has 0 aromatic carbocycles. The largest absolute Gasteiger partial charge is 2.00 e. The van der Waals surface area contributed by atoms with Gasteiger partial charge in [-0.15, -0.1) is 0 Å². The van der Waals surface area contributed by atoms with Crippen molar-refractivity contribution in [2.24, 2.45) is 0 Å². The second-order valence-electron chi connectivity index (χ2n) is 0. The van der Waals surface area contributed by atoms with Gasteiger partial charge in [-0.25, -0.2) is 0 Å². The summed E-state index contributed by atoms with van der Waals surface area (Å²) in [5.41, 5.74) is 0. The molecule has 0 aromatic heterocycles. The molecule has 7 heavy (non-hydrogen) atoms. The van der Waals surface area contributed by atoms with E-state index in [2.05, 4.69) is 0 Å². The van der Waals surface area contributed by atoms with Crippen molar-refractivity contribution in [2.75, 3.05) is 14.2 Å². The van der Waals surface area contributed by atoms with Gasteiger partial charge in [0.25, 0.3) is 0 Å². The molecule has 0 radical (unpaired) electrons. The first-order valence-electron chi connectivity index (χ1n) is 0.894. The summed E-state index contributed by atoms with van der Waals surface area (Å²) in [6, 6.07) is 0. The fourth-order valence-corrected chi connectivity index (χ4v) is 0. The van der Waals surface area contributed by atoms with Gasteiger partial charge in [-0.1, -0.05) is 0 Å². The van der Waals surface area contributed by atoms with Gasteiger partial charge in [0.15, 0.2) is 0 Å². The maximum absolute atomic E-state index is 7.00. The van der Waals surface area contributed by atoms with Crippen LogP contribution in [0.25, 0.3) is 0 Å². The molecular weight excluding hydrogens is 181 g/mol. The van der Waals surface area contributed by atoms with Crippen LogP contribution in [0.3, 0.4) is 0 Å². The van der Waals surface area contributed by atoms with Crippen molar-refractivity contribution in [2.45, 2.75) is 0 Å². The van der Waals surface area contributed by atoms with Crippen molar-refractivity contribution in [3.8, 4) is 0 Å². The molecule has 0 unspecified atom stereocenters. The molecule has 0 aliphatic heterocycles. The number of aliphatic hydroxyl groups excluding tert-OH is 2. The molecular formula is C4H14O2Ru. The molecule has 0 saturated heterocycles. The molecule has 0 saturated carbocycles. The second-order valence-corrected chi connectivity index (χ2v) is 0. The average Bonchev–Trinajstić information content (AvgIpc) is 1.50. The Labute approximate surface area is 59.3 Å². The molecule has 0 aliphatic rings. The van der Waals surface area contributed by atoms with E-state index in [9.17, 15) is 0 Å². The first-order chi connectivity index (χ1) is 2.00. The molecule has 50 valence electrons. The average molecular weight is 195 g/mol. The van der Waals surface area contributed by atoms with Crippen LogP contribution < -0.4 is 0 Å². The molecule has 0 heterocycles. The maximum atomic E-state index is 7.00. The third-order valence-electron chi connectivity index (χ3n) is 0. The van der Waals surface area contributed by atoms with Gasteiger partial charge in [0.05, 0.1) is 0 Å². The van der Waals surface area contributed by atoms with E-state index in [4.69, 9.17) is 10.2 Å². The third-order valence-corrected chi connectivity index (χ3v) is 0. The summed E-state index contributed by atoms with van der Waals surface area (Å²) in [5.74, 6) is 0. The minimum atomic E-state index is 0. The second kappa shape index (κ2) is 681. The van der Waals surface area contributed by atoms with E-state index in [1.807, 2.05) is 0 Å². The van der Waals surface area contributed by atoms with E-state index in [1.165, 1.54) is 0 Å². The van der Waals surface area contributed by atoms with Crippen molar-refractivity contribution < 1.29 is 29.7 Å². The standard InChI is InChI=1S/2CH4O.2CH3.Ru/c2*1-2;;;/h2*2H,1H3;2*1H3;/q;;2*-1;+2. The van der Waals surface area contributed by atoms with Gasteiger partial charge in [0.1, 0.15) is 0 Å². The van der Waals surface area contributed by atoms with Crippen LogP contribution >= 0.6 is 0 Å². The van der Waals surface area contributed by atoms with Gasteiger partial charge in [-0.3, -0.25) is 0 Å². The van der Waals surface area contributed by atoms with Gasteiger partial charge in [-0.05, 0) is 0 Å². The van der Waals surface area contributed by atoms with Crippen LogP contribution in [0.15, 0.2) is 0 Å². The Kier molecular flexibility index (Phi) is 4860. The van der Waals surface area contributed by atoms with E-state index < -0.39 is 0 Å². The van der Waals surface area contributed by atoms with E-state index in [1.54, 1.807) is 0 Å². The zero-order valence-corrected chi connectivity index (χ0v) is 6.99. The molecule has 0 fully saturated rings. The number of hydrogen-bond acceptors (Lipinski definition) is 2. The third kappa shape index (κ3) is 457. The number of aliphatic hydroxyl groups is 2. The zero-order valence-electron chi connectivity index (χ0n) is 5.25. The van der Waals surface area contributed by atoms with Crippen LogP contribution in [0.1, 0.15) is 0 Å². The van der Waals surface area contributed by atoms with Gasteiger partial charge in [-0.2, -0.15) is 0 Å². The van der Waals surface area contributed by atoms with Crippen molar-refractivity contribution in [3.05, 3.63) is 14.9 Å². The molecule has 0 aromatic rings. The molecule has 0 bridgehead atoms. The van der Waals surface area contributed by atoms with Gasteiger partial charge >= 0.3 is 19.5 Å². The summed E-state index contributed by atoms with van der Waals surface area (Å²) in [5, 5.41) is 14.0. The van der Waals surface area contributed by atoms with Crippen LogP contribution in [0.4, 0.5) is 0 Å². The van der Waals surface area contributed by atoms with Crippen LogP contribution in [0, 0.1) is 14.9 Å². The molecule has 0 spiro atoms. The van der Waals surface area contributed by atoms with Crippen LogP contribution in [0.2, 0.25) is 0 Å². The Bertz CT molecular complexity index is 9.65. The Morgan fingerprint density at radius 3 is 0.714 bits per heavy atom. The molecule has 0 amide bonds. The summed E-state index contributed by atoms with van der Waals surface area (Å²) < 4.78 is 0. The van der Waals surface area contributed by atoms with Gasteiger partial charge < -0.3 is 25.1 Å². The van der Waals surface area contributed by atoms with E-state index >= 15 is 0 Å². The molecule has 0 rings (SSSR count). The SMILES string of the molecule is CO.CO.[CH3-].[CH3-].[Ru+2]. The summed E-state index contributed by atoms with van der Waals surface area (Å²) in [4.78, 5) is 0.